The van der Waals surface area contributed by atoms with E-state index in [0.29, 0.717) is 39.9 Å². The highest BCUT2D eigenvalue weighted by Crippen LogP contribution is 2.29. The van der Waals surface area contributed by atoms with Crippen molar-refractivity contribution < 1.29 is 28.6 Å². The third-order valence-corrected chi connectivity index (χ3v) is 5.35. The quantitative estimate of drug-likeness (QED) is 0.256. The molecule has 3 rings (SSSR count). The molecule has 0 spiro atoms. The number of Topliss-reactive ketones (excluding diaryl/α,β-unsaturated/α-hetero) is 1. The summed E-state index contributed by atoms with van der Waals surface area (Å²) in [6.45, 7) is 1.52. The molecule has 0 heterocycles. The summed E-state index contributed by atoms with van der Waals surface area (Å²) in [5.41, 5.74) is 1.02. The Bertz CT molecular complexity index is 1160. The second kappa shape index (κ2) is 12.6. The Morgan fingerprint density at radius 1 is 0.886 bits per heavy atom. The average molecular weight is 496 g/mol. The van der Waals surface area contributed by atoms with E-state index < -0.39 is 12.1 Å². The largest absolute Gasteiger partial charge is 0.497 e. The van der Waals surface area contributed by atoms with Gasteiger partial charge in [-0.25, -0.2) is 0 Å². The number of para-hydroxylation sites is 1. The van der Waals surface area contributed by atoms with Crippen LogP contribution in [0.25, 0.3) is 0 Å². The van der Waals surface area contributed by atoms with Crippen molar-refractivity contribution in [1.82, 2.24) is 0 Å². The van der Waals surface area contributed by atoms with Crippen molar-refractivity contribution in [1.29, 1.82) is 0 Å². The van der Waals surface area contributed by atoms with E-state index in [9.17, 15) is 14.4 Å². The first-order valence-electron chi connectivity index (χ1n) is 11.1. The van der Waals surface area contributed by atoms with Crippen molar-refractivity contribution in [2.75, 3.05) is 12.4 Å². The van der Waals surface area contributed by atoms with E-state index >= 15 is 0 Å². The molecule has 0 saturated heterocycles. The lowest BCUT2D eigenvalue weighted by atomic mass is 10.1. The molecule has 1 unspecified atom stereocenters. The molecule has 182 valence electrons. The van der Waals surface area contributed by atoms with Gasteiger partial charge in [-0.3, -0.25) is 14.4 Å². The number of nitrogens with one attached hydrogen (secondary N) is 1. The minimum atomic E-state index is -0.920. The second-order valence-corrected chi connectivity index (χ2v) is 8.09. The summed E-state index contributed by atoms with van der Waals surface area (Å²) in [4.78, 5) is 36.7. The summed E-state index contributed by atoms with van der Waals surface area (Å²) < 4.78 is 16.0. The number of ether oxygens (including phenoxy) is 3. The summed E-state index contributed by atoms with van der Waals surface area (Å²) in [6, 6.07) is 20.6. The minimum Gasteiger partial charge on any atom is -0.497 e. The Labute approximate surface area is 209 Å². The molecule has 0 bridgehead atoms. The molecule has 1 amide bonds. The lowest BCUT2D eigenvalue weighted by Crippen LogP contribution is -2.24. The summed E-state index contributed by atoms with van der Waals surface area (Å²) in [5, 5.41) is 3.27. The van der Waals surface area contributed by atoms with Gasteiger partial charge in [0, 0.05) is 24.1 Å². The Balaban J connectivity index is 1.39. The molecular formula is C27H26ClNO6. The molecule has 0 aliphatic rings. The number of hydrogen-bond donors (Lipinski definition) is 1. The second-order valence-electron chi connectivity index (χ2n) is 7.68. The standard InChI is InChI=1S/C27H26ClNO6/c1-18(27(32)19-10-14-21(33-2)15-11-19)34-26(31)9-5-8-25(30)29-20-12-16-22(17-13-20)35-24-7-4-3-6-23(24)28/h3-4,6-7,10-18H,5,8-9H2,1-2H3,(H,29,30). The minimum absolute atomic E-state index is 0.0261. The molecule has 1 N–H and O–H groups in total. The Kier molecular flexibility index (Phi) is 9.26. The molecule has 8 heteroatoms. The number of esters is 1. The summed E-state index contributed by atoms with van der Waals surface area (Å²) >= 11 is 6.09. The summed E-state index contributed by atoms with van der Waals surface area (Å²) in [6.07, 6.45) is -0.468. The van der Waals surface area contributed by atoms with Gasteiger partial charge >= 0.3 is 5.97 Å². The molecule has 7 nitrogen and oxygen atoms in total. The number of rotatable bonds is 11. The Morgan fingerprint density at radius 3 is 2.20 bits per heavy atom. The van der Waals surface area contributed by atoms with Gasteiger partial charge in [-0.2, -0.15) is 0 Å². The van der Waals surface area contributed by atoms with Crippen molar-refractivity contribution in [3.05, 3.63) is 83.4 Å². The van der Waals surface area contributed by atoms with E-state index in [1.807, 2.05) is 12.1 Å². The number of carbonyl (C=O) groups excluding carboxylic acids is 3. The van der Waals surface area contributed by atoms with Crippen LogP contribution in [0.1, 0.15) is 36.5 Å². The number of hydrogen-bond acceptors (Lipinski definition) is 6. The van der Waals surface area contributed by atoms with Crippen molar-refractivity contribution in [2.45, 2.75) is 32.3 Å². The predicted octanol–water partition coefficient (Wildman–Crippen LogP) is 6.06. The maximum atomic E-state index is 12.4. The fourth-order valence-corrected chi connectivity index (χ4v) is 3.35. The summed E-state index contributed by atoms with van der Waals surface area (Å²) in [5.74, 6) is 0.676. The first-order valence-corrected chi connectivity index (χ1v) is 11.4. The van der Waals surface area contributed by atoms with Crippen LogP contribution < -0.4 is 14.8 Å². The van der Waals surface area contributed by atoms with Crippen LogP contribution in [0.5, 0.6) is 17.2 Å². The van der Waals surface area contributed by atoms with E-state index in [2.05, 4.69) is 5.32 Å². The van der Waals surface area contributed by atoms with Crippen molar-refractivity contribution in [3.63, 3.8) is 0 Å². The van der Waals surface area contributed by atoms with Crippen LogP contribution in [0.15, 0.2) is 72.8 Å². The number of methoxy groups -OCH3 is 1. The van der Waals surface area contributed by atoms with Gasteiger partial charge in [0.05, 0.1) is 12.1 Å². The molecule has 0 aromatic heterocycles. The monoisotopic (exact) mass is 495 g/mol. The molecule has 3 aromatic carbocycles. The Morgan fingerprint density at radius 2 is 1.54 bits per heavy atom. The number of carbonyl (C=O) groups is 3. The molecule has 3 aromatic rings. The molecular weight excluding hydrogens is 470 g/mol. The fourth-order valence-electron chi connectivity index (χ4n) is 3.18. The van der Waals surface area contributed by atoms with Crippen LogP contribution in [0.4, 0.5) is 5.69 Å². The lowest BCUT2D eigenvalue weighted by molar-refractivity contribution is -0.146. The zero-order chi connectivity index (χ0) is 25.2. The zero-order valence-corrected chi connectivity index (χ0v) is 20.2. The van der Waals surface area contributed by atoms with Gasteiger partial charge in [0.25, 0.3) is 0 Å². The zero-order valence-electron chi connectivity index (χ0n) is 19.5. The highest BCUT2D eigenvalue weighted by molar-refractivity contribution is 6.32. The molecule has 1 atom stereocenters. The van der Waals surface area contributed by atoms with E-state index in [1.54, 1.807) is 60.7 Å². The van der Waals surface area contributed by atoms with Crippen molar-refractivity contribution in [3.8, 4) is 17.2 Å². The number of anilines is 1. The molecule has 0 radical (unpaired) electrons. The number of benzene rings is 3. The van der Waals surface area contributed by atoms with Crippen LogP contribution in [-0.2, 0) is 14.3 Å². The van der Waals surface area contributed by atoms with Gasteiger partial charge in [-0.15, -0.1) is 0 Å². The van der Waals surface area contributed by atoms with Gasteiger partial charge in [0.15, 0.2) is 6.10 Å². The third-order valence-electron chi connectivity index (χ3n) is 5.04. The van der Waals surface area contributed by atoms with Crippen LogP contribution in [0, 0.1) is 0 Å². The first kappa shape index (κ1) is 25.8. The normalized spacial score (nSPS) is 11.3. The van der Waals surface area contributed by atoms with Gasteiger partial charge in [-0.1, -0.05) is 23.7 Å². The van der Waals surface area contributed by atoms with E-state index in [0.717, 1.165) is 0 Å². The van der Waals surface area contributed by atoms with Crippen LogP contribution in [0.2, 0.25) is 5.02 Å². The van der Waals surface area contributed by atoms with Gasteiger partial charge < -0.3 is 19.5 Å². The average Bonchev–Trinajstić information content (AvgIpc) is 2.86. The SMILES string of the molecule is COc1ccc(C(=O)C(C)OC(=O)CCCC(=O)Nc2ccc(Oc3ccccc3Cl)cc2)cc1. The maximum absolute atomic E-state index is 12.4. The highest BCUT2D eigenvalue weighted by Gasteiger charge is 2.19. The highest BCUT2D eigenvalue weighted by atomic mass is 35.5. The Hall–Kier alpha value is -3.84. The van der Waals surface area contributed by atoms with E-state index in [-0.39, 0.29) is 24.5 Å². The first-order chi connectivity index (χ1) is 16.9. The molecule has 0 saturated carbocycles. The maximum Gasteiger partial charge on any atom is 0.306 e. The van der Waals surface area contributed by atoms with Gasteiger partial charge in [-0.05, 0) is 74.0 Å². The molecule has 0 aliphatic heterocycles. The topological polar surface area (TPSA) is 90.9 Å². The van der Waals surface area contributed by atoms with Gasteiger partial charge in [0.2, 0.25) is 11.7 Å². The summed E-state index contributed by atoms with van der Waals surface area (Å²) in [7, 11) is 1.54. The van der Waals surface area contributed by atoms with E-state index in [1.165, 1.54) is 14.0 Å². The van der Waals surface area contributed by atoms with Gasteiger partial charge in [0.1, 0.15) is 17.2 Å². The lowest BCUT2D eigenvalue weighted by Gasteiger charge is -2.13. The predicted molar refractivity (Wildman–Crippen MR) is 133 cm³/mol. The van der Waals surface area contributed by atoms with Crippen LogP contribution in [-0.4, -0.2) is 30.9 Å². The van der Waals surface area contributed by atoms with Crippen molar-refractivity contribution in [2.24, 2.45) is 0 Å². The van der Waals surface area contributed by atoms with Crippen LogP contribution >= 0.6 is 11.6 Å². The number of ketones is 1. The fraction of sp³-hybridized carbons (Fsp3) is 0.222. The van der Waals surface area contributed by atoms with Crippen LogP contribution in [0.3, 0.4) is 0 Å². The van der Waals surface area contributed by atoms with E-state index in [4.69, 9.17) is 25.8 Å². The smallest absolute Gasteiger partial charge is 0.306 e. The van der Waals surface area contributed by atoms with Crippen molar-refractivity contribution >= 4 is 34.9 Å². The molecule has 0 fully saturated rings. The number of amides is 1. The molecule has 0 aliphatic carbocycles. The number of halogens is 1. The third kappa shape index (κ3) is 7.86. The molecule has 35 heavy (non-hydrogen) atoms.